The van der Waals surface area contributed by atoms with Crippen LogP contribution in [-0.4, -0.2) is 19.9 Å². The molecule has 4 rings (SSSR count). The monoisotopic (exact) mass is 330 g/mol. The summed E-state index contributed by atoms with van der Waals surface area (Å²) in [5.74, 6) is 1.17. The maximum absolute atomic E-state index is 5.53. The summed E-state index contributed by atoms with van der Waals surface area (Å²) in [5.41, 5.74) is 4.10. The molecule has 2 heterocycles. The minimum atomic E-state index is 0.504. The zero-order valence-electron chi connectivity index (χ0n) is 14.0. The maximum Gasteiger partial charge on any atom is 0.261 e. The first kappa shape index (κ1) is 15.3. The number of benzene rings is 2. The van der Waals surface area contributed by atoms with E-state index >= 15 is 0 Å². The second-order valence-corrected chi connectivity index (χ2v) is 5.77. The summed E-state index contributed by atoms with van der Waals surface area (Å²) in [6.07, 6.45) is 2.44. The van der Waals surface area contributed by atoms with E-state index in [2.05, 4.69) is 46.4 Å². The molecular weight excluding hydrogens is 312 g/mol. The Morgan fingerprint density at radius 2 is 1.68 bits per heavy atom. The summed E-state index contributed by atoms with van der Waals surface area (Å²) in [6, 6.07) is 20.3. The van der Waals surface area contributed by atoms with Gasteiger partial charge in [0.05, 0.1) is 17.5 Å². The number of aromatic nitrogens is 4. The van der Waals surface area contributed by atoms with Crippen LogP contribution in [0.1, 0.15) is 18.3 Å². The molecule has 0 radical (unpaired) electrons. The van der Waals surface area contributed by atoms with Crippen LogP contribution in [0, 0.1) is 0 Å². The molecule has 0 fully saturated rings. The van der Waals surface area contributed by atoms with Crippen LogP contribution in [0.5, 0.6) is 0 Å². The zero-order chi connectivity index (χ0) is 17.1. The first-order valence-electron chi connectivity index (χ1n) is 8.33. The van der Waals surface area contributed by atoms with E-state index in [0.29, 0.717) is 18.1 Å². The molecule has 0 unspecified atom stereocenters. The minimum absolute atomic E-state index is 0.504. The summed E-state index contributed by atoms with van der Waals surface area (Å²) in [6.45, 7) is 2.84. The molecule has 5 heteroatoms. The van der Waals surface area contributed by atoms with Crippen LogP contribution < -0.4 is 0 Å². The van der Waals surface area contributed by atoms with E-state index in [9.17, 15) is 0 Å². The van der Waals surface area contributed by atoms with E-state index in [4.69, 9.17) is 4.52 Å². The van der Waals surface area contributed by atoms with Crippen molar-refractivity contribution in [3.05, 3.63) is 78.2 Å². The second kappa shape index (κ2) is 6.73. The summed E-state index contributed by atoms with van der Waals surface area (Å²) >= 11 is 0. The molecule has 2 aromatic heterocycles. The van der Waals surface area contributed by atoms with Crippen LogP contribution in [0.2, 0.25) is 0 Å². The van der Waals surface area contributed by atoms with Gasteiger partial charge in [0.2, 0.25) is 0 Å². The predicted molar refractivity (Wildman–Crippen MR) is 95.9 cm³/mol. The van der Waals surface area contributed by atoms with Gasteiger partial charge in [0.25, 0.3) is 5.89 Å². The SMILES string of the molecule is CCn1ncc(-c2nc(Cc3ccccc3)no2)c1-c1ccccc1. The molecule has 0 atom stereocenters. The number of aryl methyl sites for hydroxylation is 1. The lowest BCUT2D eigenvalue weighted by Crippen LogP contribution is -1.99. The topological polar surface area (TPSA) is 56.7 Å². The summed E-state index contributed by atoms with van der Waals surface area (Å²) < 4.78 is 7.48. The zero-order valence-corrected chi connectivity index (χ0v) is 14.0. The molecule has 0 spiro atoms. The van der Waals surface area contributed by atoms with Gasteiger partial charge in [0.15, 0.2) is 5.82 Å². The van der Waals surface area contributed by atoms with Crippen LogP contribution >= 0.6 is 0 Å². The molecule has 0 N–H and O–H groups in total. The van der Waals surface area contributed by atoms with Crippen molar-refractivity contribution in [1.82, 2.24) is 19.9 Å². The molecule has 124 valence electrons. The van der Waals surface area contributed by atoms with Crippen molar-refractivity contribution in [1.29, 1.82) is 0 Å². The average molecular weight is 330 g/mol. The molecule has 0 aliphatic heterocycles. The highest BCUT2D eigenvalue weighted by Gasteiger charge is 2.19. The number of nitrogens with zero attached hydrogens (tertiary/aromatic N) is 4. The standard InChI is InChI=1S/C20H18N4O/c1-2-24-19(16-11-7-4-8-12-16)17(14-21-24)20-22-18(23-25-20)13-15-9-5-3-6-10-15/h3-12,14H,2,13H2,1H3. The Kier molecular flexibility index (Phi) is 4.12. The Morgan fingerprint density at radius 1 is 0.960 bits per heavy atom. The maximum atomic E-state index is 5.53. The summed E-state index contributed by atoms with van der Waals surface area (Å²) in [4.78, 5) is 4.58. The summed E-state index contributed by atoms with van der Waals surface area (Å²) in [7, 11) is 0. The fraction of sp³-hybridized carbons (Fsp3) is 0.150. The molecule has 0 saturated carbocycles. The molecule has 0 saturated heterocycles. The summed E-state index contributed by atoms with van der Waals surface area (Å²) in [5, 5.41) is 8.60. The lowest BCUT2D eigenvalue weighted by atomic mass is 10.1. The Labute approximate surface area is 145 Å². The van der Waals surface area contributed by atoms with Gasteiger partial charge in [-0.15, -0.1) is 0 Å². The number of rotatable bonds is 5. The first-order valence-corrected chi connectivity index (χ1v) is 8.33. The molecule has 5 nitrogen and oxygen atoms in total. The largest absolute Gasteiger partial charge is 0.334 e. The van der Waals surface area contributed by atoms with E-state index in [0.717, 1.165) is 28.9 Å². The van der Waals surface area contributed by atoms with Crippen molar-refractivity contribution in [2.24, 2.45) is 0 Å². The van der Waals surface area contributed by atoms with E-state index in [1.165, 1.54) is 0 Å². The van der Waals surface area contributed by atoms with Crippen molar-refractivity contribution in [2.45, 2.75) is 19.9 Å². The quantitative estimate of drug-likeness (QED) is 0.550. The third kappa shape index (κ3) is 3.08. The molecule has 2 aromatic carbocycles. The van der Waals surface area contributed by atoms with Crippen LogP contribution in [0.4, 0.5) is 0 Å². The van der Waals surface area contributed by atoms with Crippen molar-refractivity contribution in [3.63, 3.8) is 0 Å². The van der Waals surface area contributed by atoms with Gasteiger partial charge in [-0.2, -0.15) is 10.1 Å². The normalized spacial score (nSPS) is 10.9. The molecule has 4 aromatic rings. The Morgan fingerprint density at radius 3 is 2.40 bits per heavy atom. The third-order valence-corrected chi connectivity index (χ3v) is 4.09. The van der Waals surface area contributed by atoms with E-state index in [1.54, 1.807) is 6.20 Å². The van der Waals surface area contributed by atoms with E-state index < -0.39 is 0 Å². The lowest BCUT2D eigenvalue weighted by molar-refractivity contribution is 0.424. The highest BCUT2D eigenvalue weighted by molar-refractivity contribution is 5.76. The van der Waals surface area contributed by atoms with Gasteiger partial charge in [-0.3, -0.25) is 4.68 Å². The highest BCUT2D eigenvalue weighted by Crippen LogP contribution is 2.31. The van der Waals surface area contributed by atoms with Crippen LogP contribution in [-0.2, 0) is 13.0 Å². The smallest absolute Gasteiger partial charge is 0.261 e. The van der Waals surface area contributed by atoms with Crippen molar-refractivity contribution in [3.8, 4) is 22.7 Å². The first-order chi connectivity index (χ1) is 12.3. The predicted octanol–water partition coefficient (Wildman–Crippen LogP) is 4.21. The fourth-order valence-electron chi connectivity index (χ4n) is 2.90. The van der Waals surface area contributed by atoms with Crippen LogP contribution in [0.3, 0.4) is 0 Å². The van der Waals surface area contributed by atoms with Crippen LogP contribution in [0.25, 0.3) is 22.7 Å². The molecule has 0 bridgehead atoms. The molecule has 25 heavy (non-hydrogen) atoms. The van der Waals surface area contributed by atoms with E-state index in [1.807, 2.05) is 41.1 Å². The third-order valence-electron chi connectivity index (χ3n) is 4.09. The molecule has 0 amide bonds. The van der Waals surface area contributed by atoms with Gasteiger partial charge in [-0.25, -0.2) is 0 Å². The lowest BCUT2D eigenvalue weighted by Gasteiger charge is -2.06. The molecule has 0 aliphatic rings. The van der Waals surface area contributed by atoms with Gasteiger partial charge in [-0.1, -0.05) is 65.8 Å². The van der Waals surface area contributed by atoms with E-state index in [-0.39, 0.29) is 0 Å². The van der Waals surface area contributed by atoms with Gasteiger partial charge < -0.3 is 4.52 Å². The van der Waals surface area contributed by atoms with Crippen molar-refractivity contribution in [2.75, 3.05) is 0 Å². The van der Waals surface area contributed by atoms with Crippen molar-refractivity contribution < 1.29 is 4.52 Å². The van der Waals surface area contributed by atoms with Crippen LogP contribution in [0.15, 0.2) is 71.4 Å². The minimum Gasteiger partial charge on any atom is -0.334 e. The fourth-order valence-corrected chi connectivity index (χ4v) is 2.90. The molecule has 0 aliphatic carbocycles. The Bertz CT molecular complexity index is 958. The molecular formula is C20H18N4O. The number of hydrogen-bond acceptors (Lipinski definition) is 4. The van der Waals surface area contributed by atoms with Crippen molar-refractivity contribution >= 4 is 0 Å². The highest BCUT2D eigenvalue weighted by atomic mass is 16.5. The number of hydrogen-bond donors (Lipinski definition) is 0. The van der Waals surface area contributed by atoms with Gasteiger partial charge in [0, 0.05) is 18.5 Å². The van der Waals surface area contributed by atoms with Gasteiger partial charge >= 0.3 is 0 Å². The van der Waals surface area contributed by atoms with Gasteiger partial charge in [0.1, 0.15) is 0 Å². The second-order valence-electron chi connectivity index (χ2n) is 5.77. The Hall–Kier alpha value is -3.21. The van der Waals surface area contributed by atoms with Gasteiger partial charge in [-0.05, 0) is 12.5 Å². The Balaban J connectivity index is 1.70. The average Bonchev–Trinajstić information content (AvgIpc) is 3.29.